The van der Waals surface area contributed by atoms with Crippen molar-refractivity contribution < 1.29 is 22.7 Å². The molecule has 0 aromatic heterocycles. The number of rotatable bonds is 11. The van der Waals surface area contributed by atoms with Gasteiger partial charge in [0.1, 0.15) is 18.3 Å². The summed E-state index contributed by atoms with van der Waals surface area (Å²) in [5.74, 6) is -0.529. The molecule has 196 valence electrons. The molecule has 3 aromatic rings. The van der Waals surface area contributed by atoms with Crippen LogP contribution in [0.5, 0.6) is 5.75 Å². The minimum absolute atomic E-state index is 0.0392. The van der Waals surface area contributed by atoms with Crippen LogP contribution in [0.25, 0.3) is 0 Å². The molecule has 1 unspecified atom stereocenters. The third kappa shape index (κ3) is 6.48. The van der Waals surface area contributed by atoms with Crippen LogP contribution in [0.3, 0.4) is 0 Å². The van der Waals surface area contributed by atoms with E-state index in [1.807, 2.05) is 38.1 Å². The summed E-state index contributed by atoms with van der Waals surface area (Å²) in [6.07, 6.45) is 0.358. The molecule has 0 aliphatic carbocycles. The van der Waals surface area contributed by atoms with E-state index in [-0.39, 0.29) is 23.0 Å². The number of benzene rings is 3. The molecule has 37 heavy (non-hydrogen) atoms. The van der Waals surface area contributed by atoms with E-state index in [0.717, 1.165) is 15.4 Å². The minimum atomic E-state index is -4.15. The Hall–Kier alpha value is -3.85. The van der Waals surface area contributed by atoms with Gasteiger partial charge < -0.3 is 15.0 Å². The van der Waals surface area contributed by atoms with Crippen molar-refractivity contribution in [3.05, 3.63) is 90.0 Å². The molecule has 0 saturated carbocycles. The van der Waals surface area contributed by atoms with Gasteiger partial charge in [-0.2, -0.15) is 0 Å². The summed E-state index contributed by atoms with van der Waals surface area (Å²) >= 11 is 0. The molecule has 1 N–H and O–H groups in total. The second-order valence-electron chi connectivity index (χ2n) is 8.55. The van der Waals surface area contributed by atoms with Crippen molar-refractivity contribution in [2.45, 2.75) is 37.8 Å². The number of nitrogens with one attached hydrogen (secondary N) is 1. The van der Waals surface area contributed by atoms with E-state index in [2.05, 4.69) is 5.32 Å². The van der Waals surface area contributed by atoms with Gasteiger partial charge in [0.05, 0.1) is 17.7 Å². The average Bonchev–Trinajstić information content (AvgIpc) is 2.91. The standard InChI is InChI=1S/C28H33N3O5S/c1-5-24(28(33)29-3)30(19-22-13-11-12-21(2)18-22)27(32)20-31(25-16-9-10-17-26(25)36-4)37(34,35)23-14-7-6-8-15-23/h6-18,24H,5,19-20H2,1-4H3,(H,29,33). The first-order chi connectivity index (χ1) is 17.7. The lowest BCUT2D eigenvalue weighted by molar-refractivity contribution is -0.140. The Balaban J connectivity index is 2.09. The molecule has 0 radical (unpaired) electrons. The summed E-state index contributed by atoms with van der Waals surface area (Å²) in [7, 11) is -1.19. The van der Waals surface area contributed by atoms with Crippen LogP contribution in [0.4, 0.5) is 5.69 Å². The minimum Gasteiger partial charge on any atom is -0.495 e. The molecule has 1 atom stereocenters. The van der Waals surface area contributed by atoms with Crippen LogP contribution in [0.15, 0.2) is 83.8 Å². The maximum absolute atomic E-state index is 13.9. The largest absolute Gasteiger partial charge is 0.495 e. The molecule has 0 spiro atoms. The summed E-state index contributed by atoms with van der Waals surface area (Å²) in [6.45, 7) is 3.39. The molecule has 0 fully saturated rings. The van der Waals surface area contributed by atoms with Crippen LogP contribution < -0.4 is 14.4 Å². The highest BCUT2D eigenvalue weighted by Crippen LogP contribution is 2.32. The number of ether oxygens (including phenoxy) is 1. The van der Waals surface area contributed by atoms with Crippen LogP contribution in [0, 0.1) is 6.92 Å². The number of carbonyl (C=O) groups excluding carboxylic acids is 2. The number of para-hydroxylation sites is 2. The number of nitrogens with zero attached hydrogens (tertiary/aromatic N) is 2. The van der Waals surface area contributed by atoms with Crippen molar-refractivity contribution in [1.82, 2.24) is 10.2 Å². The van der Waals surface area contributed by atoms with E-state index in [4.69, 9.17) is 4.74 Å². The Kier molecular flexibility index (Phi) is 9.30. The van der Waals surface area contributed by atoms with Crippen LogP contribution >= 0.6 is 0 Å². The fraction of sp³-hybridized carbons (Fsp3) is 0.286. The number of amides is 2. The first-order valence-electron chi connectivity index (χ1n) is 12.0. The monoisotopic (exact) mass is 523 g/mol. The van der Waals surface area contributed by atoms with Gasteiger partial charge >= 0.3 is 0 Å². The molecular formula is C28H33N3O5S. The SMILES string of the molecule is CCC(C(=O)NC)N(Cc1cccc(C)c1)C(=O)CN(c1ccccc1OC)S(=O)(=O)c1ccccc1. The Labute approximate surface area is 218 Å². The molecule has 0 bridgehead atoms. The smallest absolute Gasteiger partial charge is 0.264 e. The molecule has 2 amide bonds. The number of sulfonamides is 1. The number of carbonyl (C=O) groups is 2. The normalized spacial score (nSPS) is 11.9. The molecular weight excluding hydrogens is 490 g/mol. The van der Waals surface area contributed by atoms with Crippen molar-refractivity contribution in [2.24, 2.45) is 0 Å². The van der Waals surface area contributed by atoms with E-state index in [9.17, 15) is 18.0 Å². The maximum atomic E-state index is 13.9. The number of hydrogen-bond donors (Lipinski definition) is 1. The summed E-state index contributed by atoms with van der Waals surface area (Å²) in [4.78, 5) is 28.2. The highest BCUT2D eigenvalue weighted by molar-refractivity contribution is 7.92. The molecule has 0 saturated heterocycles. The summed E-state index contributed by atoms with van der Waals surface area (Å²) < 4.78 is 34.1. The summed E-state index contributed by atoms with van der Waals surface area (Å²) in [5, 5.41) is 2.62. The predicted molar refractivity (Wildman–Crippen MR) is 144 cm³/mol. The van der Waals surface area contributed by atoms with E-state index in [1.165, 1.54) is 31.2 Å². The Morgan fingerprint density at radius 1 is 0.973 bits per heavy atom. The van der Waals surface area contributed by atoms with Gasteiger partial charge in [0, 0.05) is 13.6 Å². The fourth-order valence-electron chi connectivity index (χ4n) is 4.16. The highest BCUT2D eigenvalue weighted by atomic mass is 32.2. The van der Waals surface area contributed by atoms with Gasteiger partial charge in [0.25, 0.3) is 10.0 Å². The molecule has 0 heterocycles. The van der Waals surface area contributed by atoms with Gasteiger partial charge in [-0.15, -0.1) is 0 Å². The van der Waals surface area contributed by atoms with Gasteiger partial charge in [-0.25, -0.2) is 8.42 Å². The molecule has 3 aromatic carbocycles. The molecule has 9 heteroatoms. The van der Waals surface area contributed by atoms with Crippen molar-refractivity contribution in [1.29, 1.82) is 0 Å². The van der Waals surface area contributed by atoms with E-state index < -0.39 is 28.5 Å². The maximum Gasteiger partial charge on any atom is 0.264 e. The molecule has 3 rings (SSSR count). The van der Waals surface area contributed by atoms with E-state index in [0.29, 0.717) is 12.2 Å². The first kappa shape index (κ1) is 27.7. The first-order valence-corrected chi connectivity index (χ1v) is 13.4. The lowest BCUT2D eigenvalue weighted by Gasteiger charge is -2.33. The van der Waals surface area contributed by atoms with E-state index in [1.54, 1.807) is 42.5 Å². The third-order valence-electron chi connectivity index (χ3n) is 6.03. The van der Waals surface area contributed by atoms with Gasteiger partial charge in [0.2, 0.25) is 11.8 Å². The van der Waals surface area contributed by atoms with Crippen LogP contribution in [-0.4, -0.2) is 51.9 Å². The number of methoxy groups -OCH3 is 1. The van der Waals surface area contributed by atoms with Gasteiger partial charge in [-0.05, 0) is 43.2 Å². The number of hydrogen-bond acceptors (Lipinski definition) is 5. The lowest BCUT2D eigenvalue weighted by Crippen LogP contribution is -2.51. The second kappa shape index (κ2) is 12.4. The topological polar surface area (TPSA) is 96.0 Å². The number of anilines is 1. The predicted octanol–water partition coefficient (Wildman–Crippen LogP) is 3.75. The van der Waals surface area contributed by atoms with Crippen LogP contribution in [-0.2, 0) is 26.2 Å². The second-order valence-corrected chi connectivity index (χ2v) is 10.4. The Morgan fingerprint density at radius 3 is 2.27 bits per heavy atom. The quantitative estimate of drug-likeness (QED) is 0.413. The van der Waals surface area contributed by atoms with Crippen molar-refractivity contribution in [3.63, 3.8) is 0 Å². The van der Waals surface area contributed by atoms with Crippen molar-refractivity contribution in [2.75, 3.05) is 25.0 Å². The van der Waals surface area contributed by atoms with E-state index >= 15 is 0 Å². The van der Waals surface area contributed by atoms with Crippen LogP contribution in [0.2, 0.25) is 0 Å². The van der Waals surface area contributed by atoms with Crippen molar-refractivity contribution >= 4 is 27.5 Å². The van der Waals surface area contributed by atoms with Gasteiger partial charge in [0.15, 0.2) is 0 Å². The van der Waals surface area contributed by atoms with Gasteiger partial charge in [-0.1, -0.05) is 67.1 Å². The zero-order valence-electron chi connectivity index (χ0n) is 21.5. The molecule has 0 aliphatic heterocycles. The number of aryl methyl sites for hydroxylation is 1. The van der Waals surface area contributed by atoms with Crippen LogP contribution in [0.1, 0.15) is 24.5 Å². The van der Waals surface area contributed by atoms with Crippen molar-refractivity contribution in [3.8, 4) is 5.75 Å². The lowest BCUT2D eigenvalue weighted by atomic mass is 10.1. The number of likely N-dealkylation sites (N-methyl/N-ethyl adjacent to an activating group) is 1. The Bertz CT molecular complexity index is 1330. The summed E-state index contributed by atoms with van der Waals surface area (Å²) in [5.41, 5.74) is 2.08. The average molecular weight is 524 g/mol. The fourth-order valence-corrected chi connectivity index (χ4v) is 5.61. The van der Waals surface area contributed by atoms with Gasteiger partial charge in [-0.3, -0.25) is 13.9 Å². The Morgan fingerprint density at radius 2 is 1.65 bits per heavy atom. The zero-order valence-corrected chi connectivity index (χ0v) is 22.4. The molecule has 0 aliphatic rings. The highest BCUT2D eigenvalue weighted by Gasteiger charge is 2.34. The summed E-state index contributed by atoms with van der Waals surface area (Å²) in [6, 6.07) is 21.4. The zero-order chi connectivity index (χ0) is 27.0. The third-order valence-corrected chi connectivity index (χ3v) is 7.81. The molecule has 8 nitrogen and oxygen atoms in total.